The van der Waals surface area contributed by atoms with Crippen LogP contribution in [0.5, 0.6) is 0 Å². The number of aromatic nitrogens is 2. The van der Waals surface area contributed by atoms with E-state index >= 15 is 0 Å². The molecule has 0 spiro atoms. The molecule has 0 aromatic carbocycles. The van der Waals surface area contributed by atoms with Gasteiger partial charge >= 0.3 is 0 Å². The standard InChI is InChI=1S/C12H16N4.2ClH/c1-9-3-6-16-7-5-14-12(11(9)16)15-10-2-4-13-8-10;;/h3,5-7,10,13H,2,4,8H2,1H3,(H,14,15);2*1H. The maximum Gasteiger partial charge on any atom is 0.150 e. The van der Waals surface area contributed by atoms with E-state index in [1.807, 2.05) is 12.4 Å². The van der Waals surface area contributed by atoms with Crippen LogP contribution < -0.4 is 10.6 Å². The van der Waals surface area contributed by atoms with Gasteiger partial charge in [-0.15, -0.1) is 24.8 Å². The van der Waals surface area contributed by atoms with Crippen LogP contribution in [0.2, 0.25) is 0 Å². The van der Waals surface area contributed by atoms with E-state index in [2.05, 4.69) is 39.2 Å². The molecule has 1 aliphatic heterocycles. The summed E-state index contributed by atoms with van der Waals surface area (Å²) < 4.78 is 2.12. The first-order valence-corrected chi connectivity index (χ1v) is 5.74. The molecule has 1 atom stereocenters. The summed E-state index contributed by atoms with van der Waals surface area (Å²) in [5, 5.41) is 6.87. The molecule has 1 aliphatic rings. The molecule has 100 valence electrons. The molecule has 1 saturated heterocycles. The second-order valence-corrected chi connectivity index (χ2v) is 4.36. The molecule has 0 bridgehead atoms. The van der Waals surface area contributed by atoms with Crippen LogP contribution in [-0.2, 0) is 0 Å². The minimum absolute atomic E-state index is 0. The molecule has 1 unspecified atom stereocenters. The third-order valence-corrected chi connectivity index (χ3v) is 3.17. The molecule has 0 amide bonds. The number of rotatable bonds is 2. The first-order valence-electron chi connectivity index (χ1n) is 5.74. The van der Waals surface area contributed by atoms with Gasteiger partial charge in [-0.2, -0.15) is 0 Å². The Morgan fingerprint density at radius 2 is 2.22 bits per heavy atom. The highest BCUT2D eigenvalue weighted by molar-refractivity contribution is 5.85. The van der Waals surface area contributed by atoms with Crippen molar-refractivity contribution in [2.45, 2.75) is 19.4 Å². The summed E-state index contributed by atoms with van der Waals surface area (Å²) in [6.45, 7) is 4.25. The quantitative estimate of drug-likeness (QED) is 0.891. The maximum absolute atomic E-state index is 4.44. The van der Waals surface area contributed by atoms with Crippen LogP contribution in [0.1, 0.15) is 12.0 Å². The van der Waals surface area contributed by atoms with Crippen LogP contribution in [0.15, 0.2) is 24.7 Å². The highest BCUT2D eigenvalue weighted by Gasteiger charge is 2.16. The summed E-state index contributed by atoms with van der Waals surface area (Å²) in [6, 6.07) is 2.63. The normalized spacial score (nSPS) is 18.2. The number of anilines is 1. The second-order valence-electron chi connectivity index (χ2n) is 4.36. The van der Waals surface area contributed by atoms with Gasteiger partial charge in [-0.1, -0.05) is 0 Å². The molecule has 0 aliphatic carbocycles. The Morgan fingerprint density at radius 1 is 1.39 bits per heavy atom. The van der Waals surface area contributed by atoms with E-state index in [0.717, 1.165) is 18.9 Å². The number of halogens is 2. The maximum atomic E-state index is 4.44. The van der Waals surface area contributed by atoms with Crippen molar-refractivity contribution in [2.24, 2.45) is 0 Å². The third kappa shape index (κ3) is 2.71. The molecular weight excluding hydrogens is 271 g/mol. The van der Waals surface area contributed by atoms with Crippen molar-refractivity contribution < 1.29 is 0 Å². The molecule has 2 aromatic heterocycles. The number of aryl methyl sites for hydroxylation is 1. The Balaban J connectivity index is 0.000000810. The molecule has 3 heterocycles. The van der Waals surface area contributed by atoms with Crippen LogP contribution in [0, 0.1) is 6.92 Å². The number of hydrogen-bond acceptors (Lipinski definition) is 3. The van der Waals surface area contributed by atoms with Crippen LogP contribution in [0.3, 0.4) is 0 Å². The van der Waals surface area contributed by atoms with E-state index < -0.39 is 0 Å². The Bertz CT molecular complexity index is 506. The number of nitrogens with one attached hydrogen (secondary N) is 2. The summed E-state index contributed by atoms with van der Waals surface area (Å²) >= 11 is 0. The largest absolute Gasteiger partial charge is 0.364 e. The van der Waals surface area contributed by atoms with Crippen LogP contribution in [-0.4, -0.2) is 28.5 Å². The lowest BCUT2D eigenvalue weighted by atomic mass is 10.2. The van der Waals surface area contributed by atoms with Crippen molar-refractivity contribution in [3.63, 3.8) is 0 Å². The van der Waals surface area contributed by atoms with Crippen molar-refractivity contribution in [3.8, 4) is 0 Å². The molecule has 6 heteroatoms. The van der Waals surface area contributed by atoms with Gasteiger partial charge in [0.2, 0.25) is 0 Å². The van der Waals surface area contributed by atoms with Crippen LogP contribution >= 0.6 is 24.8 Å². The number of fused-ring (bicyclic) bond motifs is 1. The summed E-state index contributed by atoms with van der Waals surface area (Å²) in [7, 11) is 0. The summed E-state index contributed by atoms with van der Waals surface area (Å²) in [6.07, 6.45) is 7.07. The Hall–Kier alpha value is -0.970. The highest BCUT2D eigenvalue weighted by Crippen LogP contribution is 2.20. The second kappa shape index (κ2) is 6.27. The topological polar surface area (TPSA) is 41.4 Å². The predicted octanol–water partition coefficient (Wildman–Crippen LogP) is 2.26. The van der Waals surface area contributed by atoms with Gasteiger partial charge in [0.15, 0.2) is 5.82 Å². The fourth-order valence-corrected chi connectivity index (χ4v) is 2.30. The number of nitrogens with zero attached hydrogens (tertiary/aromatic N) is 2. The van der Waals surface area contributed by atoms with Gasteiger partial charge in [0.1, 0.15) is 0 Å². The first-order chi connectivity index (χ1) is 7.84. The Kier molecular flexibility index (Phi) is 5.26. The summed E-state index contributed by atoms with van der Waals surface area (Å²) in [5.74, 6) is 0.999. The SMILES string of the molecule is Cc1ccn2ccnc(NC3CCNC3)c12.Cl.Cl. The fourth-order valence-electron chi connectivity index (χ4n) is 2.30. The van der Waals surface area contributed by atoms with Gasteiger partial charge in [0.05, 0.1) is 5.52 Å². The molecule has 18 heavy (non-hydrogen) atoms. The molecule has 3 rings (SSSR count). The molecule has 2 N–H and O–H groups in total. The van der Waals surface area contributed by atoms with E-state index in [4.69, 9.17) is 0 Å². The zero-order valence-electron chi connectivity index (χ0n) is 10.2. The van der Waals surface area contributed by atoms with Gasteiger partial charge < -0.3 is 15.0 Å². The van der Waals surface area contributed by atoms with Crippen molar-refractivity contribution >= 4 is 36.1 Å². The highest BCUT2D eigenvalue weighted by atomic mass is 35.5. The fraction of sp³-hybridized carbons (Fsp3) is 0.417. The van der Waals surface area contributed by atoms with Crippen molar-refractivity contribution in [3.05, 3.63) is 30.2 Å². The lowest BCUT2D eigenvalue weighted by Crippen LogP contribution is -2.23. The van der Waals surface area contributed by atoms with Gasteiger partial charge in [-0.25, -0.2) is 4.98 Å². The first kappa shape index (κ1) is 15.1. The average molecular weight is 289 g/mol. The minimum atomic E-state index is 0. The number of hydrogen-bond donors (Lipinski definition) is 2. The molecule has 0 saturated carbocycles. The predicted molar refractivity (Wildman–Crippen MR) is 79.3 cm³/mol. The van der Waals surface area contributed by atoms with Gasteiger partial charge in [-0.05, 0) is 31.5 Å². The zero-order chi connectivity index (χ0) is 11.0. The lowest BCUT2D eigenvalue weighted by Gasteiger charge is -2.13. The van der Waals surface area contributed by atoms with Crippen molar-refractivity contribution in [2.75, 3.05) is 18.4 Å². The van der Waals surface area contributed by atoms with E-state index in [0.29, 0.717) is 6.04 Å². The van der Waals surface area contributed by atoms with Gasteiger partial charge in [0.25, 0.3) is 0 Å². The molecule has 2 aromatic rings. The van der Waals surface area contributed by atoms with Gasteiger partial charge in [0, 0.05) is 31.2 Å². The summed E-state index contributed by atoms with van der Waals surface area (Å²) in [4.78, 5) is 4.44. The van der Waals surface area contributed by atoms with E-state index in [1.165, 1.54) is 17.5 Å². The summed E-state index contributed by atoms with van der Waals surface area (Å²) in [5.41, 5.74) is 2.45. The third-order valence-electron chi connectivity index (χ3n) is 3.17. The van der Waals surface area contributed by atoms with E-state index in [-0.39, 0.29) is 24.8 Å². The van der Waals surface area contributed by atoms with E-state index in [1.54, 1.807) is 0 Å². The van der Waals surface area contributed by atoms with Crippen molar-refractivity contribution in [1.82, 2.24) is 14.7 Å². The monoisotopic (exact) mass is 288 g/mol. The average Bonchev–Trinajstić information content (AvgIpc) is 2.90. The van der Waals surface area contributed by atoms with Gasteiger partial charge in [-0.3, -0.25) is 0 Å². The zero-order valence-corrected chi connectivity index (χ0v) is 11.9. The van der Waals surface area contributed by atoms with Crippen LogP contribution in [0.25, 0.3) is 5.52 Å². The molecular formula is C12H18Cl2N4. The molecule has 1 fully saturated rings. The smallest absolute Gasteiger partial charge is 0.150 e. The Labute approximate surface area is 119 Å². The minimum Gasteiger partial charge on any atom is -0.364 e. The van der Waals surface area contributed by atoms with Crippen LogP contribution in [0.4, 0.5) is 5.82 Å². The molecule has 0 radical (unpaired) electrons. The lowest BCUT2D eigenvalue weighted by molar-refractivity contribution is 0.788. The van der Waals surface area contributed by atoms with E-state index in [9.17, 15) is 0 Å². The van der Waals surface area contributed by atoms with Crippen molar-refractivity contribution in [1.29, 1.82) is 0 Å². The molecule has 4 nitrogen and oxygen atoms in total. The Morgan fingerprint density at radius 3 is 2.94 bits per heavy atom.